The van der Waals surface area contributed by atoms with Gasteiger partial charge >= 0.3 is 6.18 Å². The van der Waals surface area contributed by atoms with E-state index in [2.05, 4.69) is 10.3 Å². The Balaban J connectivity index is 1.94. The number of rotatable bonds is 4. The molecule has 1 aromatic heterocycles. The first-order valence-corrected chi connectivity index (χ1v) is 9.06. The highest BCUT2D eigenvalue weighted by atomic mass is 19.4. The van der Waals surface area contributed by atoms with Gasteiger partial charge in [-0.15, -0.1) is 0 Å². The van der Waals surface area contributed by atoms with Crippen molar-refractivity contribution in [3.8, 4) is 5.75 Å². The number of fused-ring (bicyclic) bond motifs is 1. The van der Waals surface area contributed by atoms with Gasteiger partial charge in [0, 0.05) is 37.0 Å². The summed E-state index contributed by atoms with van der Waals surface area (Å²) in [5.74, 6) is 0.763. The molecule has 0 saturated carbocycles. The van der Waals surface area contributed by atoms with Crippen LogP contribution in [0.1, 0.15) is 51.0 Å². The van der Waals surface area contributed by atoms with Gasteiger partial charge in [0.05, 0.1) is 16.6 Å². The SMILES string of the molecule is Cc1nc2cc(OC[C@@H]3CC(=O)C[C@H](C)N3)cc(C(F)(F)F)c2n1C(C)C. The number of piperidine rings is 1. The maximum absolute atomic E-state index is 13.7. The third-order valence-electron chi connectivity index (χ3n) is 4.74. The van der Waals surface area contributed by atoms with Crippen LogP contribution in [0, 0.1) is 6.92 Å². The molecule has 1 aliphatic rings. The van der Waals surface area contributed by atoms with E-state index >= 15 is 0 Å². The Labute approximate surface area is 155 Å². The van der Waals surface area contributed by atoms with E-state index in [0.717, 1.165) is 6.07 Å². The van der Waals surface area contributed by atoms with Crippen molar-refractivity contribution in [2.75, 3.05) is 6.61 Å². The lowest BCUT2D eigenvalue weighted by molar-refractivity contribution is -0.136. The summed E-state index contributed by atoms with van der Waals surface area (Å²) in [7, 11) is 0. The van der Waals surface area contributed by atoms with Crippen LogP contribution in [-0.4, -0.2) is 34.0 Å². The molecule has 5 nitrogen and oxygen atoms in total. The predicted molar refractivity (Wildman–Crippen MR) is 96.0 cm³/mol. The Morgan fingerprint density at radius 2 is 2.04 bits per heavy atom. The van der Waals surface area contributed by atoms with E-state index in [-0.39, 0.29) is 47.3 Å². The van der Waals surface area contributed by atoms with Gasteiger partial charge in [-0.1, -0.05) is 0 Å². The van der Waals surface area contributed by atoms with E-state index in [1.165, 1.54) is 6.07 Å². The molecule has 8 heteroatoms. The molecule has 3 rings (SSSR count). The van der Waals surface area contributed by atoms with Crippen LogP contribution in [0.4, 0.5) is 13.2 Å². The third kappa shape index (κ3) is 4.10. The van der Waals surface area contributed by atoms with Crippen molar-refractivity contribution in [2.45, 2.75) is 64.8 Å². The highest BCUT2D eigenvalue weighted by Crippen LogP contribution is 2.39. The molecular formula is C19H24F3N3O2. The van der Waals surface area contributed by atoms with E-state index in [4.69, 9.17) is 4.74 Å². The number of hydrogen-bond acceptors (Lipinski definition) is 4. The molecule has 0 aliphatic carbocycles. The predicted octanol–water partition coefficient (Wildman–Crippen LogP) is 4.03. The van der Waals surface area contributed by atoms with Crippen molar-refractivity contribution in [1.29, 1.82) is 0 Å². The van der Waals surface area contributed by atoms with Gasteiger partial charge in [-0.25, -0.2) is 4.98 Å². The molecule has 0 radical (unpaired) electrons. The third-order valence-corrected chi connectivity index (χ3v) is 4.74. The first-order chi connectivity index (χ1) is 12.6. The molecule has 27 heavy (non-hydrogen) atoms. The van der Waals surface area contributed by atoms with Gasteiger partial charge in [0.15, 0.2) is 0 Å². The van der Waals surface area contributed by atoms with Crippen LogP contribution in [0.5, 0.6) is 5.75 Å². The lowest BCUT2D eigenvalue weighted by atomic mass is 9.99. The summed E-state index contributed by atoms with van der Waals surface area (Å²) in [6.07, 6.45) is -3.74. The minimum Gasteiger partial charge on any atom is -0.492 e. The number of ether oxygens (including phenoxy) is 1. The van der Waals surface area contributed by atoms with Gasteiger partial charge in [0.2, 0.25) is 0 Å². The van der Waals surface area contributed by atoms with Crippen molar-refractivity contribution in [3.05, 3.63) is 23.5 Å². The lowest BCUT2D eigenvalue weighted by Crippen LogP contribution is -2.47. The Morgan fingerprint density at radius 1 is 1.33 bits per heavy atom. The van der Waals surface area contributed by atoms with Gasteiger partial charge in [0.1, 0.15) is 24.0 Å². The van der Waals surface area contributed by atoms with E-state index in [1.54, 1.807) is 11.5 Å². The molecule has 148 valence electrons. The number of hydrogen-bond donors (Lipinski definition) is 1. The van der Waals surface area contributed by atoms with Crippen LogP contribution >= 0.6 is 0 Å². The molecule has 1 saturated heterocycles. The number of nitrogens with zero attached hydrogens (tertiary/aromatic N) is 2. The minimum absolute atomic E-state index is 0.0393. The Kier molecular flexibility index (Phi) is 5.20. The number of ketones is 1. The molecule has 0 amide bonds. The summed E-state index contributed by atoms with van der Waals surface area (Å²) < 4.78 is 48.3. The number of benzene rings is 1. The number of aryl methyl sites for hydroxylation is 1. The van der Waals surface area contributed by atoms with Gasteiger partial charge in [-0.05, 0) is 33.8 Å². The molecule has 1 aromatic carbocycles. The number of imidazole rings is 1. The molecule has 1 aliphatic heterocycles. The van der Waals surface area contributed by atoms with Gasteiger partial charge in [0.25, 0.3) is 0 Å². The van der Waals surface area contributed by atoms with Gasteiger partial charge < -0.3 is 14.6 Å². The second kappa shape index (κ2) is 7.14. The summed E-state index contributed by atoms with van der Waals surface area (Å²) in [5.41, 5.74) is -0.431. The fraction of sp³-hybridized carbons (Fsp3) is 0.579. The minimum atomic E-state index is -4.52. The van der Waals surface area contributed by atoms with E-state index < -0.39 is 11.7 Å². The van der Waals surface area contributed by atoms with Gasteiger partial charge in [-0.3, -0.25) is 4.79 Å². The average molecular weight is 383 g/mol. The second-order valence-electron chi connectivity index (χ2n) is 7.48. The van der Waals surface area contributed by atoms with Crippen LogP contribution in [0.25, 0.3) is 11.0 Å². The highest BCUT2D eigenvalue weighted by molar-refractivity contribution is 5.82. The smallest absolute Gasteiger partial charge is 0.418 e. The second-order valence-corrected chi connectivity index (χ2v) is 7.48. The lowest BCUT2D eigenvalue weighted by Gasteiger charge is -2.27. The number of carbonyl (C=O) groups is 1. The quantitative estimate of drug-likeness (QED) is 0.866. The van der Waals surface area contributed by atoms with Crippen molar-refractivity contribution >= 4 is 16.8 Å². The molecular weight excluding hydrogens is 359 g/mol. The normalized spacial score (nSPS) is 21.3. The molecule has 1 fully saturated rings. The number of aromatic nitrogens is 2. The summed E-state index contributed by atoms with van der Waals surface area (Å²) in [4.78, 5) is 16.0. The molecule has 2 atom stereocenters. The first-order valence-electron chi connectivity index (χ1n) is 9.06. The van der Waals surface area contributed by atoms with Crippen molar-refractivity contribution in [1.82, 2.24) is 14.9 Å². The zero-order valence-corrected chi connectivity index (χ0v) is 15.9. The van der Waals surface area contributed by atoms with E-state index in [9.17, 15) is 18.0 Å². The van der Waals surface area contributed by atoms with E-state index in [0.29, 0.717) is 18.7 Å². The maximum atomic E-state index is 13.7. The topological polar surface area (TPSA) is 56.1 Å². The molecule has 2 heterocycles. The van der Waals surface area contributed by atoms with Crippen LogP contribution in [-0.2, 0) is 11.0 Å². The zero-order valence-electron chi connectivity index (χ0n) is 15.9. The number of nitrogens with one attached hydrogen (secondary N) is 1. The van der Waals surface area contributed by atoms with Crippen molar-refractivity contribution in [2.24, 2.45) is 0 Å². The molecule has 1 N–H and O–H groups in total. The van der Waals surface area contributed by atoms with Crippen LogP contribution in [0.3, 0.4) is 0 Å². The Morgan fingerprint density at radius 3 is 2.63 bits per heavy atom. The standard InChI is InChI=1S/C19H24F3N3O2/c1-10(2)25-12(4)24-17-8-15(7-16(18(17)25)19(20,21)22)27-9-13-6-14(26)5-11(3)23-13/h7-8,10-11,13,23H,5-6,9H2,1-4H3/t11-,13-/m0/s1. The summed E-state index contributed by atoms with van der Waals surface area (Å²) in [5, 5.41) is 3.24. The summed E-state index contributed by atoms with van der Waals surface area (Å²) in [6.45, 7) is 7.37. The Hall–Kier alpha value is -2.09. The molecule has 0 bridgehead atoms. The first kappa shape index (κ1) is 19.7. The number of halogens is 3. The van der Waals surface area contributed by atoms with Gasteiger partial charge in [-0.2, -0.15) is 13.2 Å². The molecule has 2 aromatic rings. The molecule has 0 spiro atoms. The van der Waals surface area contributed by atoms with Crippen LogP contribution in [0.15, 0.2) is 12.1 Å². The molecule has 0 unspecified atom stereocenters. The summed E-state index contributed by atoms with van der Waals surface area (Å²) in [6, 6.07) is 2.24. The highest BCUT2D eigenvalue weighted by Gasteiger charge is 2.36. The number of alkyl halides is 3. The number of carbonyl (C=O) groups excluding carboxylic acids is 1. The number of Topliss-reactive ketones (excluding diaryl/α,β-unsaturated/α-hetero) is 1. The van der Waals surface area contributed by atoms with Crippen molar-refractivity contribution < 1.29 is 22.7 Å². The zero-order chi connectivity index (χ0) is 19.9. The van der Waals surface area contributed by atoms with Crippen LogP contribution < -0.4 is 10.1 Å². The fourth-order valence-electron chi connectivity index (χ4n) is 3.78. The van der Waals surface area contributed by atoms with Crippen LogP contribution in [0.2, 0.25) is 0 Å². The largest absolute Gasteiger partial charge is 0.492 e. The fourth-order valence-corrected chi connectivity index (χ4v) is 3.78. The maximum Gasteiger partial charge on any atom is 0.418 e. The van der Waals surface area contributed by atoms with E-state index in [1.807, 2.05) is 20.8 Å². The monoisotopic (exact) mass is 383 g/mol. The average Bonchev–Trinajstić information content (AvgIpc) is 2.86. The summed E-state index contributed by atoms with van der Waals surface area (Å²) >= 11 is 0. The Bertz CT molecular complexity index is 858. The van der Waals surface area contributed by atoms with Crippen molar-refractivity contribution in [3.63, 3.8) is 0 Å².